The van der Waals surface area contributed by atoms with E-state index in [4.69, 9.17) is 9.72 Å². The van der Waals surface area contributed by atoms with Gasteiger partial charge in [-0.15, -0.1) is 4.98 Å². The fourth-order valence-corrected chi connectivity index (χ4v) is 4.92. The Morgan fingerprint density at radius 3 is 3.00 bits per heavy atom. The Labute approximate surface area is 186 Å². The van der Waals surface area contributed by atoms with Crippen molar-refractivity contribution in [2.24, 2.45) is 5.41 Å². The summed E-state index contributed by atoms with van der Waals surface area (Å²) >= 11 is 0. The molecule has 0 saturated carbocycles. The molecule has 4 aromatic rings. The van der Waals surface area contributed by atoms with Crippen LogP contribution < -0.4 is 14.6 Å². The molecule has 1 aromatic carbocycles. The van der Waals surface area contributed by atoms with Gasteiger partial charge in [0.1, 0.15) is 30.7 Å². The largest absolute Gasteiger partial charge is 0.491 e. The van der Waals surface area contributed by atoms with Crippen LogP contribution in [0.1, 0.15) is 37.1 Å². The normalized spacial score (nSPS) is 17.4. The summed E-state index contributed by atoms with van der Waals surface area (Å²) in [5.74, 6) is 2.01. The molecule has 7 nitrogen and oxygen atoms in total. The Balaban J connectivity index is 1.36. The summed E-state index contributed by atoms with van der Waals surface area (Å²) in [6.07, 6.45) is 8.64. The zero-order chi connectivity index (χ0) is 21.7. The first-order chi connectivity index (χ1) is 15.6. The fourth-order valence-electron chi connectivity index (χ4n) is 4.92. The maximum atomic E-state index is 6.12. The lowest BCUT2D eigenvalue weighted by Gasteiger charge is -2.33. The van der Waals surface area contributed by atoms with E-state index in [0.717, 1.165) is 59.8 Å². The Kier molecular flexibility index (Phi) is 4.38. The van der Waals surface area contributed by atoms with Crippen molar-refractivity contribution in [2.75, 3.05) is 18.1 Å². The topological polar surface area (TPSA) is 81.1 Å². The number of imidazole rings is 1. The minimum absolute atomic E-state index is 0.279. The van der Waals surface area contributed by atoms with Gasteiger partial charge in [-0.1, -0.05) is 19.9 Å². The molecule has 0 amide bonds. The minimum Gasteiger partial charge on any atom is -0.491 e. The van der Waals surface area contributed by atoms with Gasteiger partial charge in [0, 0.05) is 28.9 Å². The van der Waals surface area contributed by atoms with Crippen LogP contribution in [0.2, 0.25) is 0 Å². The van der Waals surface area contributed by atoms with Crippen LogP contribution in [-0.4, -0.2) is 33.1 Å². The van der Waals surface area contributed by atoms with E-state index in [1.54, 1.807) is 12.7 Å². The number of nitrogens with one attached hydrogen (secondary N) is 2. The van der Waals surface area contributed by atoms with Crippen LogP contribution in [0.25, 0.3) is 22.3 Å². The maximum absolute atomic E-state index is 6.12. The molecule has 162 valence electrons. The van der Waals surface area contributed by atoms with Gasteiger partial charge in [0.25, 0.3) is 5.65 Å². The van der Waals surface area contributed by atoms with Crippen molar-refractivity contribution in [3.05, 3.63) is 59.9 Å². The van der Waals surface area contributed by atoms with Crippen LogP contribution in [0.15, 0.2) is 43.1 Å². The number of ether oxygens (including phenoxy) is 1. The number of aromatic nitrogens is 5. The third-order valence-corrected chi connectivity index (χ3v) is 6.70. The van der Waals surface area contributed by atoms with Crippen molar-refractivity contribution < 1.29 is 9.72 Å². The third-order valence-electron chi connectivity index (χ3n) is 6.70. The van der Waals surface area contributed by atoms with Crippen molar-refractivity contribution in [3.63, 3.8) is 0 Å². The number of fused-ring (bicyclic) bond motifs is 3. The van der Waals surface area contributed by atoms with Gasteiger partial charge in [-0.3, -0.25) is 4.98 Å². The van der Waals surface area contributed by atoms with Crippen molar-refractivity contribution in [1.82, 2.24) is 19.9 Å². The van der Waals surface area contributed by atoms with E-state index in [1.807, 2.05) is 6.20 Å². The summed E-state index contributed by atoms with van der Waals surface area (Å²) in [6, 6.07) is 8.54. The summed E-state index contributed by atoms with van der Waals surface area (Å²) in [5, 5.41) is 0. The van der Waals surface area contributed by atoms with Crippen LogP contribution >= 0.6 is 0 Å². The Morgan fingerprint density at radius 2 is 2.06 bits per heavy atom. The van der Waals surface area contributed by atoms with Crippen LogP contribution in [0.4, 0.5) is 5.82 Å². The number of H-pyrrole nitrogens is 2. The number of pyridine rings is 1. The number of hydrogen-bond donors (Lipinski definition) is 1. The molecule has 6 rings (SSSR count). The van der Waals surface area contributed by atoms with Crippen molar-refractivity contribution in [2.45, 2.75) is 39.7 Å². The molecule has 0 bridgehead atoms. The van der Waals surface area contributed by atoms with Crippen molar-refractivity contribution >= 4 is 17.0 Å². The molecule has 32 heavy (non-hydrogen) atoms. The van der Waals surface area contributed by atoms with E-state index in [1.165, 1.54) is 23.2 Å². The van der Waals surface area contributed by atoms with E-state index in [-0.39, 0.29) is 5.41 Å². The first-order valence-electron chi connectivity index (χ1n) is 11.2. The number of aromatic amines is 2. The van der Waals surface area contributed by atoms with Crippen LogP contribution in [-0.2, 0) is 19.4 Å². The molecular formula is C25H27N6O+. The van der Waals surface area contributed by atoms with Crippen LogP contribution in [0, 0.1) is 5.41 Å². The summed E-state index contributed by atoms with van der Waals surface area (Å²) in [5.41, 5.74) is 8.01. The van der Waals surface area contributed by atoms with E-state index >= 15 is 0 Å². The van der Waals surface area contributed by atoms with Crippen LogP contribution in [0.5, 0.6) is 5.75 Å². The van der Waals surface area contributed by atoms with Gasteiger partial charge in [0.2, 0.25) is 0 Å². The van der Waals surface area contributed by atoms with Crippen LogP contribution in [0.3, 0.4) is 0 Å². The lowest BCUT2D eigenvalue weighted by atomic mass is 9.76. The second-order valence-corrected chi connectivity index (χ2v) is 9.61. The molecule has 0 radical (unpaired) electrons. The van der Waals surface area contributed by atoms with Crippen molar-refractivity contribution in [3.8, 4) is 16.9 Å². The molecule has 1 aliphatic heterocycles. The standard InChI is InChI=1S/C25H26N6O/c1-25(2)6-5-20-19(11-25)24(30-15-27-20)31-7-8-32-22-4-3-16(9-18(22)13-31)17-10-21-23(26-12-17)29-14-28-21/h3-4,9-10,12,14-15H,5-8,11,13H2,1-2H3,(H,26,28,29)/p+1. The molecule has 0 saturated heterocycles. The monoisotopic (exact) mass is 427 g/mol. The Bertz CT molecular complexity index is 1310. The predicted octanol–water partition coefficient (Wildman–Crippen LogP) is 3.75. The molecule has 0 spiro atoms. The smallest absolute Gasteiger partial charge is 0.299 e. The minimum atomic E-state index is 0.279. The average molecular weight is 428 g/mol. The third kappa shape index (κ3) is 3.38. The molecule has 7 heteroatoms. The predicted molar refractivity (Wildman–Crippen MR) is 122 cm³/mol. The molecule has 0 atom stereocenters. The second kappa shape index (κ2) is 7.29. The highest BCUT2D eigenvalue weighted by Crippen LogP contribution is 2.38. The molecule has 1 aliphatic carbocycles. The average Bonchev–Trinajstić information content (AvgIpc) is 3.16. The van der Waals surface area contributed by atoms with Gasteiger partial charge >= 0.3 is 0 Å². The summed E-state index contributed by atoms with van der Waals surface area (Å²) < 4.78 is 6.12. The van der Waals surface area contributed by atoms with E-state index in [0.29, 0.717) is 6.61 Å². The quantitative estimate of drug-likeness (QED) is 0.527. The van der Waals surface area contributed by atoms with Gasteiger partial charge in [-0.05, 0) is 48.4 Å². The summed E-state index contributed by atoms with van der Waals surface area (Å²) in [4.78, 5) is 22.5. The van der Waals surface area contributed by atoms with Gasteiger partial charge in [-0.2, -0.15) is 0 Å². The van der Waals surface area contributed by atoms with E-state index in [2.05, 4.69) is 62.9 Å². The highest BCUT2D eigenvalue weighted by Gasteiger charge is 2.30. The molecule has 4 heterocycles. The first-order valence-corrected chi connectivity index (χ1v) is 11.2. The molecule has 2 aliphatic rings. The van der Waals surface area contributed by atoms with Gasteiger partial charge in [-0.25, -0.2) is 15.0 Å². The Hall–Kier alpha value is -3.48. The lowest BCUT2D eigenvalue weighted by Crippen LogP contribution is -2.31. The van der Waals surface area contributed by atoms with Crippen molar-refractivity contribution in [1.29, 1.82) is 0 Å². The first kappa shape index (κ1) is 19.2. The highest BCUT2D eigenvalue weighted by molar-refractivity contribution is 5.76. The highest BCUT2D eigenvalue weighted by atomic mass is 16.5. The van der Waals surface area contributed by atoms with Gasteiger partial charge < -0.3 is 9.64 Å². The molecule has 2 N–H and O–H groups in total. The SMILES string of the molecule is CC1(C)CCc2ncnc(N3CCOc4ccc(-c5cnc6[nH+]c[nH]c6c5)cc4C3)c2C1. The second-order valence-electron chi connectivity index (χ2n) is 9.61. The number of anilines is 1. The Morgan fingerprint density at radius 1 is 1.12 bits per heavy atom. The number of rotatable bonds is 2. The van der Waals surface area contributed by atoms with E-state index < -0.39 is 0 Å². The molecule has 0 fully saturated rings. The molecule has 0 unspecified atom stereocenters. The summed E-state index contributed by atoms with van der Waals surface area (Å²) in [7, 11) is 0. The number of nitrogens with zero attached hydrogens (tertiary/aromatic N) is 4. The van der Waals surface area contributed by atoms with E-state index in [9.17, 15) is 0 Å². The number of aryl methyl sites for hydroxylation is 1. The lowest BCUT2D eigenvalue weighted by molar-refractivity contribution is -0.347. The molecular weight excluding hydrogens is 400 g/mol. The van der Waals surface area contributed by atoms with Gasteiger partial charge in [0.05, 0.1) is 6.54 Å². The number of benzene rings is 1. The zero-order valence-corrected chi connectivity index (χ0v) is 18.5. The van der Waals surface area contributed by atoms with Gasteiger partial charge in [0.15, 0.2) is 11.8 Å². The maximum Gasteiger partial charge on any atom is 0.299 e. The fraction of sp³-hybridized carbons (Fsp3) is 0.360. The number of hydrogen-bond acceptors (Lipinski definition) is 5. The summed E-state index contributed by atoms with van der Waals surface area (Å²) in [6.45, 7) is 6.89. The zero-order valence-electron chi connectivity index (χ0n) is 18.5. The molecule has 3 aromatic heterocycles.